The lowest BCUT2D eigenvalue weighted by Crippen LogP contribution is -2.03. The zero-order valence-electron chi connectivity index (χ0n) is 7.25. The van der Waals surface area contributed by atoms with E-state index in [-0.39, 0.29) is 6.04 Å². The molecule has 0 radical (unpaired) electrons. The molecule has 0 amide bonds. The molecule has 0 spiro atoms. The maximum Gasteiger partial charge on any atom is 0.0493 e. The van der Waals surface area contributed by atoms with Crippen molar-refractivity contribution in [2.24, 2.45) is 5.73 Å². The van der Waals surface area contributed by atoms with Gasteiger partial charge < -0.3 is 5.73 Å². The van der Waals surface area contributed by atoms with E-state index in [0.717, 1.165) is 6.42 Å². The molecular formula is C11H13N. The molecular weight excluding hydrogens is 146 g/mol. The van der Waals surface area contributed by atoms with Gasteiger partial charge in [0.1, 0.15) is 0 Å². The van der Waals surface area contributed by atoms with Gasteiger partial charge in [-0.15, -0.1) is 0 Å². The number of benzene rings is 1. The first-order valence-electron chi connectivity index (χ1n) is 4.38. The van der Waals surface area contributed by atoms with Crippen LogP contribution in [0.4, 0.5) is 0 Å². The molecule has 2 N–H and O–H groups in total. The summed E-state index contributed by atoms with van der Waals surface area (Å²) in [7, 11) is 0. The van der Waals surface area contributed by atoms with E-state index in [1.54, 1.807) is 0 Å². The highest BCUT2D eigenvalue weighted by molar-refractivity contribution is 5.74. The predicted molar refractivity (Wildman–Crippen MR) is 51.6 cm³/mol. The molecule has 0 fully saturated rings. The average Bonchev–Trinajstić information content (AvgIpc) is 2.44. The summed E-state index contributed by atoms with van der Waals surface area (Å²) in [6.45, 7) is 2.17. The Labute approximate surface area is 72.9 Å². The number of fused-ring (bicyclic) bond motifs is 1. The lowest BCUT2D eigenvalue weighted by atomic mass is 10.0. The van der Waals surface area contributed by atoms with Crippen LogP contribution >= 0.6 is 0 Å². The second-order valence-corrected chi connectivity index (χ2v) is 3.16. The maximum absolute atomic E-state index is 5.94. The van der Waals surface area contributed by atoms with Crippen LogP contribution in [0.2, 0.25) is 0 Å². The van der Waals surface area contributed by atoms with Crippen molar-refractivity contribution in [3.63, 3.8) is 0 Å². The first-order valence-corrected chi connectivity index (χ1v) is 4.38. The Kier molecular flexibility index (Phi) is 1.74. The highest BCUT2D eigenvalue weighted by Crippen LogP contribution is 2.34. The third-order valence-electron chi connectivity index (χ3n) is 2.43. The molecule has 1 aliphatic rings. The van der Waals surface area contributed by atoms with E-state index in [1.807, 2.05) is 6.07 Å². The van der Waals surface area contributed by atoms with Gasteiger partial charge in [0.15, 0.2) is 0 Å². The highest BCUT2D eigenvalue weighted by atomic mass is 14.6. The molecule has 1 heteroatoms. The van der Waals surface area contributed by atoms with Crippen molar-refractivity contribution >= 4 is 5.57 Å². The summed E-state index contributed by atoms with van der Waals surface area (Å²) < 4.78 is 0. The minimum Gasteiger partial charge on any atom is -0.321 e. The van der Waals surface area contributed by atoms with Crippen molar-refractivity contribution in [1.29, 1.82) is 0 Å². The Morgan fingerprint density at radius 2 is 2.08 bits per heavy atom. The maximum atomic E-state index is 5.94. The van der Waals surface area contributed by atoms with Crippen LogP contribution in [-0.4, -0.2) is 0 Å². The van der Waals surface area contributed by atoms with Crippen LogP contribution in [0.5, 0.6) is 0 Å². The Balaban J connectivity index is 2.53. The average molecular weight is 159 g/mol. The van der Waals surface area contributed by atoms with E-state index in [2.05, 4.69) is 31.2 Å². The van der Waals surface area contributed by atoms with Gasteiger partial charge in [0.25, 0.3) is 0 Å². The molecule has 0 saturated heterocycles. The van der Waals surface area contributed by atoms with Crippen molar-refractivity contribution < 1.29 is 0 Å². The van der Waals surface area contributed by atoms with Crippen molar-refractivity contribution in [3.8, 4) is 0 Å². The minimum atomic E-state index is 0.121. The molecule has 1 aromatic carbocycles. The summed E-state index contributed by atoms with van der Waals surface area (Å²) >= 11 is 0. The van der Waals surface area contributed by atoms with Crippen LogP contribution in [0.1, 0.15) is 30.5 Å². The number of rotatable bonds is 1. The Morgan fingerprint density at radius 1 is 1.33 bits per heavy atom. The van der Waals surface area contributed by atoms with Crippen LogP contribution in [0.25, 0.3) is 5.57 Å². The van der Waals surface area contributed by atoms with Crippen molar-refractivity contribution in [2.45, 2.75) is 19.4 Å². The second kappa shape index (κ2) is 2.76. The van der Waals surface area contributed by atoms with Crippen LogP contribution in [0.3, 0.4) is 0 Å². The minimum absolute atomic E-state index is 0.121. The summed E-state index contributed by atoms with van der Waals surface area (Å²) in [5, 5.41) is 0. The van der Waals surface area contributed by atoms with Gasteiger partial charge in [0, 0.05) is 6.04 Å². The molecule has 2 rings (SSSR count). The highest BCUT2D eigenvalue weighted by Gasteiger charge is 2.17. The molecule has 1 unspecified atom stereocenters. The van der Waals surface area contributed by atoms with Gasteiger partial charge in [-0.25, -0.2) is 0 Å². The van der Waals surface area contributed by atoms with E-state index in [9.17, 15) is 0 Å². The van der Waals surface area contributed by atoms with Crippen molar-refractivity contribution in [2.75, 3.05) is 0 Å². The first-order chi connectivity index (χ1) is 5.83. The molecule has 0 aliphatic heterocycles. The molecule has 1 atom stereocenters. The first kappa shape index (κ1) is 7.56. The topological polar surface area (TPSA) is 26.0 Å². The van der Waals surface area contributed by atoms with Gasteiger partial charge in [0.2, 0.25) is 0 Å². The van der Waals surface area contributed by atoms with Gasteiger partial charge in [-0.2, -0.15) is 0 Å². The SMILES string of the molecule is CCC1=CC(N)c2ccccc21. The van der Waals surface area contributed by atoms with Crippen LogP contribution in [-0.2, 0) is 0 Å². The van der Waals surface area contributed by atoms with Gasteiger partial charge in [-0.3, -0.25) is 0 Å². The quantitative estimate of drug-likeness (QED) is 0.669. The van der Waals surface area contributed by atoms with E-state index >= 15 is 0 Å². The Morgan fingerprint density at radius 3 is 2.83 bits per heavy atom. The fourth-order valence-electron chi connectivity index (χ4n) is 1.78. The number of hydrogen-bond acceptors (Lipinski definition) is 1. The van der Waals surface area contributed by atoms with Crippen LogP contribution in [0, 0.1) is 0 Å². The molecule has 0 bridgehead atoms. The van der Waals surface area contributed by atoms with E-state index < -0.39 is 0 Å². The Bertz CT molecular complexity index is 326. The standard InChI is InChI=1S/C11H13N/c1-2-8-7-11(12)10-6-4-3-5-9(8)10/h3-7,11H,2,12H2,1H3. The second-order valence-electron chi connectivity index (χ2n) is 3.16. The summed E-state index contributed by atoms with van der Waals surface area (Å²) in [5.41, 5.74) is 9.94. The smallest absolute Gasteiger partial charge is 0.0493 e. The van der Waals surface area contributed by atoms with Crippen molar-refractivity contribution in [3.05, 3.63) is 41.5 Å². The lowest BCUT2D eigenvalue weighted by molar-refractivity contribution is 0.930. The molecule has 0 heterocycles. The normalized spacial score (nSPS) is 20.5. The third kappa shape index (κ3) is 0.978. The molecule has 1 aliphatic carbocycles. The van der Waals surface area contributed by atoms with Crippen LogP contribution < -0.4 is 5.73 Å². The van der Waals surface area contributed by atoms with Gasteiger partial charge >= 0.3 is 0 Å². The molecule has 12 heavy (non-hydrogen) atoms. The Hall–Kier alpha value is -1.08. The van der Waals surface area contributed by atoms with E-state index in [0.29, 0.717) is 0 Å². The fourth-order valence-corrected chi connectivity index (χ4v) is 1.78. The van der Waals surface area contributed by atoms with E-state index in [1.165, 1.54) is 16.7 Å². The number of hydrogen-bond donors (Lipinski definition) is 1. The molecule has 1 aromatic rings. The van der Waals surface area contributed by atoms with Crippen LogP contribution in [0.15, 0.2) is 30.3 Å². The zero-order chi connectivity index (χ0) is 8.55. The zero-order valence-corrected chi connectivity index (χ0v) is 7.25. The van der Waals surface area contributed by atoms with Crippen molar-refractivity contribution in [1.82, 2.24) is 0 Å². The van der Waals surface area contributed by atoms with Gasteiger partial charge in [-0.05, 0) is 23.1 Å². The third-order valence-corrected chi connectivity index (χ3v) is 2.43. The van der Waals surface area contributed by atoms with E-state index in [4.69, 9.17) is 5.73 Å². The fraction of sp³-hybridized carbons (Fsp3) is 0.273. The molecule has 1 nitrogen and oxygen atoms in total. The summed E-state index contributed by atoms with van der Waals surface area (Å²) in [6, 6.07) is 8.50. The lowest BCUT2D eigenvalue weighted by Gasteiger charge is -2.03. The summed E-state index contributed by atoms with van der Waals surface area (Å²) in [5.74, 6) is 0. The summed E-state index contributed by atoms with van der Waals surface area (Å²) in [6.07, 6.45) is 3.23. The largest absolute Gasteiger partial charge is 0.321 e. The molecule has 0 aromatic heterocycles. The number of allylic oxidation sites excluding steroid dienone is 1. The molecule has 62 valence electrons. The summed E-state index contributed by atoms with van der Waals surface area (Å²) in [4.78, 5) is 0. The number of nitrogens with two attached hydrogens (primary N) is 1. The predicted octanol–water partition coefficient (Wildman–Crippen LogP) is 2.49. The van der Waals surface area contributed by atoms with Gasteiger partial charge in [0.05, 0.1) is 0 Å². The van der Waals surface area contributed by atoms with Gasteiger partial charge in [-0.1, -0.05) is 37.3 Å². The monoisotopic (exact) mass is 159 g/mol. The molecule has 0 saturated carbocycles.